The molecule has 0 heterocycles. The summed E-state index contributed by atoms with van der Waals surface area (Å²) in [7, 11) is 0. The van der Waals surface area contributed by atoms with Crippen molar-refractivity contribution in [2.75, 3.05) is 6.61 Å². The number of unbranched alkanes of at least 4 members (excludes halogenated alkanes) is 39. The Kier molecular flexibility index (Phi) is 50.5. The van der Waals surface area contributed by atoms with Gasteiger partial charge in [-0.25, -0.2) is 0 Å². The number of aliphatic hydroxyl groups excluding tert-OH is 3. The Hall–Kier alpha value is -1.17. The SMILES string of the molecule is CCCCCCCCCCC/C=C\C/C=C\CCCCCCCCCCCCCC(=O)NC(CO)C(O)C(O)CCCCCCCCCCCCCCCCCCCCCC. The molecule has 0 aromatic heterocycles. The van der Waals surface area contributed by atoms with Crippen LogP contribution in [0.25, 0.3) is 0 Å². The van der Waals surface area contributed by atoms with Crippen molar-refractivity contribution < 1.29 is 20.1 Å². The molecular weight excluding hydrogens is 751 g/mol. The number of carbonyl (C=O) groups is 1. The maximum Gasteiger partial charge on any atom is 0.220 e. The fourth-order valence-electron chi connectivity index (χ4n) is 8.78. The van der Waals surface area contributed by atoms with Crippen LogP contribution in [0.4, 0.5) is 0 Å². The lowest BCUT2D eigenvalue weighted by Crippen LogP contribution is -2.50. The van der Waals surface area contributed by atoms with Crippen LogP contribution in [-0.4, -0.2) is 46.1 Å². The Labute approximate surface area is 382 Å². The van der Waals surface area contributed by atoms with Crippen LogP contribution in [0.2, 0.25) is 0 Å². The largest absolute Gasteiger partial charge is 0.394 e. The molecule has 1 amide bonds. The fraction of sp³-hybridized carbons (Fsp3) is 0.911. The first-order chi connectivity index (χ1) is 30.1. The number of allylic oxidation sites excluding steroid dienone is 4. The van der Waals surface area contributed by atoms with Gasteiger partial charge in [0.05, 0.1) is 18.8 Å². The lowest BCUT2D eigenvalue weighted by atomic mass is 9.99. The molecule has 362 valence electrons. The second kappa shape index (κ2) is 51.5. The van der Waals surface area contributed by atoms with Gasteiger partial charge in [-0.15, -0.1) is 0 Å². The summed E-state index contributed by atoms with van der Waals surface area (Å²) in [5.74, 6) is -0.143. The molecule has 0 rings (SSSR count). The molecule has 0 saturated heterocycles. The minimum absolute atomic E-state index is 0.143. The second-order valence-corrected chi connectivity index (χ2v) is 19.1. The van der Waals surface area contributed by atoms with Crippen LogP contribution < -0.4 is 5.32 Å². The van der Waals surface area contributed by atoms with Crippen LogP contribution in [0, 0.1) is 0 Å². The van der Waals surface area contributed by atoms with Gasteiger partial charge in [-0.05, 0) is 44.9 Å². The molecule has 0 aromatic rings. The first-order valence-corrected chi connectivity index (χ1v) is 27.6. The van der Waals surface area contributed by atoms with E-state index < -0.39 is 18.2 Å². The van der Waals surface area contributed by atoms with E-state index in [2.05, 4.69) is 43.5 Å². The summed E-state index contributed by atoms with van der Waals surface area (Å²) < 4.78 is 0. The molecule has 61 heavy (non-hydrogen) atoms. The Morgan fingerprint density at radius 3 is 1.03 bits per heavy atom. The van der Waals surface area contributed by atoms with Crippen LogP contribution >= 0.6 is 0 Å². The van der Waals surface area contributed by atoms with E-state index in [1.54, 1.807) is 0 Å². The highest BCUT2D eigenvalue weighted by molar-refractivity contribution is 5.76. The summed E-state index contributed by atoms with van der Waals surface area (Å²) in [6.45, 7) is 4.21. The van der Waals surface area contributed by atoms with Crippen molar-refractivity contribution in [1.82, 2.24) is 5.32 Å². The number of hydrogen-bond donors (Lipinski definition) is 4. The molecule has 0 fully saturated rings. The lowest BCUT2D eigenvalue weighted by molar-refractivity contribution is -0.124. The number of aliphatic hydroxyl groups is 3. The molecule has 0 aromatic carbocycles. The number of amides is 1. The molecule has 0 aliphatic heterocycles. The topological polar surface area (TPSA) is 89.8 Å². The monoisotopic (exact) mass is 860 g/mol. The van der Waals surface area contributed by atoms with E-state index in [9.17, 15) is 20.1 Å². The van der Waals surface area contributed by atoms with Gasteiger partial charge >= 0.3 is 0 Å². The first kappa shape index (κ1) is 59.8. The summed E-state index contributed by atoms with van der Waals surface area (Å²) in [6.07, 6.45) is 64.6. The highest BCUT2D eigenvalue weighted by Gasteiger charge is 2.26. The van der Waals surface area contributed by atoms with Crippen LogP contribution in [0.3, 0.4) is 0 Å². The molecule has 0 saturated carbocycles. The molecule has 5 nitrogen and oxygen atoms in total. The number of carbonyl (C=O) groups excluding carboxylic acids is 1. The number of nitrogens with one attached hydrogen (secondary N) is 1. The Bertz CT molecular complexity index is 905. The predicted molar refractivity (Wildman–Crippen MR) is 268 cm³/mol. The molecule has 0 bridgehead atoms. The van der Waals surface area contributed by atoms with Crippen molar-refractivity contribution >= 4 is 5.91 Å². The lowest BCUT2D eigenvalue weighted by Gasteiger charge is -2.26. The van der Waals surface area contributed by atoms with E-state index in [-0.39, 0.29) is 12.5 Å². The maximum absolute atomic E-state index is 12.5. The van der Waals surface area contributed by atoms with Crippen molar-refractivity contribution in [2.24, 2.45) is 0 Å². The van der Waals surface area contributed by atoms with E-state index in [0.29, 0.717) is 12.8 Å². The quantitative estimate of drug-likeness (QED) is 0.0362. The van der Waals surface area contributed by atoms with Gasteiger partial charge in [0.25, 0.3) is 0 Å². The molecule has 4 N–H and O–H groups in total. The van der Waals surface area contributed by atoms with Gasteiger partial charge < -0.3 is 20.6 Å². The standard InChI is InChI=1S/C56H109NO4/c1-3-5-7-9-11-13-15-17-19-21-23-25-26-27-28-29-30-31-33-35-37-39-41-43-45-47-49-51-55(60)57-53(52-58)56(61)54(59)50-48-46-44-42-40-38-36-34-32-24-22-20-18-16-14-12-10-8-6-4-2/h23,25,27-28,53-54,56,58-59,61H,3-22,24,26,29-52H2,1-2H3,(H,57,60)/b25-23-,28-27-. The van der Waals surface area contributed by atoms with Crippen molar-refractivity contribution in [3.05, 3.63) is 24.3 Å². The molecule has 0 radical (unpaired) electrons. The third-order valence-electron chi connectivity index (χ3n) is 13.1. The van der Waals surface area contributed by atoms with Gasteiger partial charge in [0.2, 0.25) is 5.91 Å². The average Bonchev–Trinajstić information content (AvgIpc) is 3.26. The summed E-state index contributed by atoms with van der Waals surface area (Å²) in [5, 5.41) is 33.8. The highest BCUT2D eigenvalue weighted by atomic mass is 16.3. The summed E-state index contributed by atoms with van der Waals surface area (Å²) in [4.78, 5) is 12.5. The van der Waals surface area contributed by atoms with E-state index in [4.69, 9.17) is 0 Å². The van der Waals surface area contributed by atoms with Crippen molar-refractivity contribution in [3.63, 3.8) is 0 Å². The van der Waals surface area contributed by atoms with Crippen LogP contribution in [0.1, 0.15) is 303 Å². The van der Waals surface area contributed by atoms with Gasteiger partial charge in [0.15, 0.2) is 0 Å². The molecular formula is C56H109NO4. The van der Waals surface area contributed by atoms with Crippen molar-refractivity contribution in [1.29, 1.82) is 0 Å². The minimum Gasteiger partial charge on any atom is -0.394 e. The third-order valence-corrected chi connectivity index (χ3v) is 13.1. The zero-order chi connectivity index (χ0) is 44.4. The zero-order valence-electron chi connectivity index (χ0n) is 41.3. The highest BCUT2D eigenvalue weighted by Crippen LogP contribution is 2.18. The molecule has 3 unspecified atom stereocenters. The van der Waals surface area contributed by atoms with Crippen molar-refractivity contribution in [2.45, 2.75) is 321 Å². The van der Waals surface area contributed by atoms with E-state index >= 15 is 0 Å². The van der Waals surface area contributed by atoms with Crippen LogP contribution in [0.5, 0.6) is 0 Å². The first-order valence-electron chi connectivity index (χ1n) is 27.6. The normalized spacial score (nSPS) is 13.5. The van der Waals surface area contributed by atoms with E-state index in [1.165, 1.54) is 231 Å². The van der Waals surface area contributed by atoms with Gasteiger partial charge in [-0.3, -0.25) is 4.79 Å². The van der Waals surface area contributed by atoms with Gasteiger partial charge in [0, 0.05) is 6.42 Å². The minimum atomic E-state index is -1.14. The average molecular weight is 860 g/mol. The van der Waals surface area contributed by atoms with Gasteiger partial charge in [-0.2, -0.15) is 0 Å². The zero-order valence-corrected chi connectivity index (χ0v) is 41.3. The molecule has 0 spiro atoms. The second-order valence-electron chi connectivity index (χ2n) is 19.1. The van der Waals surface area contributed by atoms with E-state index in [1.807, 2.05) is 0 Å². The smallest absolute Gasteiger partial charge is 0.220 e. The van der Waals surface area contributed by atoms with Crippen LogP contribution in [-0.2, 0) is 4.79 Å². The summed E-state index contributed by atoms with van der Waals surface area (Å²) in [5.41, 5.74) is 0. The fourth-order valence-corrected chi connectivity index (χ4v) is 8.78. The van der Waals surface area contributed by atoms with Gasteiger partial charge in [0.1, 0.15) is 6.10 Å². The molecule has 5 heteroatoms. The number of hydrogen-bond acceptors (Lipinski definition) is 4. The molecule has 0 aliphatic carbocycles. The van der Waals surface area contributed by atoms with E-state index in [0.717, 1.165) is 44.9 Å². The summed E-state index contributed by atoms with van der Waals surface area (Å²) >= 11 is 0. The molecule has 0 aliphatic rings. The maximum atomic E-state index is 12.5. The van der Waals surface area contributed by atoms with Gasteiger partial charge in [-0.1, -0.05) is 276 Å². The summed E-state index contributed by atoms with van der Waals surface area (Å²) in [6, 6.07) is -0.810. The van der Waals surface area contributed by atoms with Crippen LogP contribution in [0.15, 0.2) is 24.3 Å². The Morgan fingerprint density at radius 1 is 0.410 bits per heavy atom. The molecule has 3 atom stereocenters. The predicted octanol–water partition coefficient (Wildman–Crippen LogP) is 16.9. The van der Waals surface area contributed by atoms with Crippen molar-refractivity contribution in [3.8, 4) is 0 Å². The number of rotatable bonds is 51. The Balaban J connectivity index is 3.55. The Morgan fingerprint density at radius 2 is 0.705 bits per heavy atom. The third kappa shape index (κ3) is 46.6.